The maximum Gasteiger partial charge on any atom is 0.164 e. The zero-order valence-electron chi connectivity index (χ0n) is 60.7. The molecular formula is C105H65N7. The van der Waals surface area contributed by atoms with E-state index >= 15 is 0 Å². The van der Waals surface area contributed by atoms with Crippen LogP contribution in [0.15, 0.2) is 395 Å². The Balaban J connectivity index is 0.000000141. The largest absolute Gasteiger partial charge is 0.256 e. The minimum Gasteiger partial charge on any atom is -0.256 e. The van der Waals surface area contributed by atoms with Crippen molar-refractivity contribution in [2.75, 3.05) is 0 Å². The van der Waals surface area contributed by atoms with Gasteiger partial charge in [0.05, 0.1) is 22.8 Å². The Labute approximate surface area is 645 Å². The van der Waals surface area contributed by atoms with Gasteiger partial charge in [0.15, 0.2) is 23.3 Å². The van der Waals surface area contributed by atoms with Gasteiger partial charge in [-0.2, -0.15) is 0 Å². The van der Waals surface area contributed by atoms with Crippen LogP contribution in [0.3, 0.4) is 0 Å². The van der Waals surface area contributed by atoms with Crippen LogP contribution in [0.2, 0.25) is 0 Å². The lowest BCUT2D eigenvalue weighted by atomic mass is 9.92. The summed E-state index contributed by atoms with van der Waals surface area (Å²) in [5, 5.41) is 24.0. The maximum absolute atomic E-state index is 5.31. The molecule has 0 unspecified atom stereocenters. The zero-order valence-corrected chi connectivity index (χ0v) is 60.7. The zero-order chi connectivity index (χ0) is 74.0. The lowest BCUT2D eigenvalue weighted by molar-refractivity contribution is 1.08. The van der Waals surface area contributed by atoms with Crippen LogP contribution in [0.4, 0.5) is 0 Å². The van der Waals surface area contributed by atoms with Crippen molar-refractivity contribution >= 4 is 108 Å². The summed E-state index contributed by atoms with van der Waals surface area (Å²) in [4.78, 5) is 35.6. The number of fused-ring (bicyclic) bond motifs is 14. The molecule has 0 spiro atoms. The van der Waals surface area contributed by atoms with E-state index in [1.54, 1.807) is 0 Å². The van der Waals surface area contributed by atoms with Crippen LogP contribution in [-0.4, -0.2) is 34.9 Å². The predicted octanol–water partition coefficient (Wildman–Crippen LogP) is 27.3. The average Bonchev–Trinajstić information content (AvgIpc) is 0.764. The monoisotopic (exact) mass is 1420 g/mol. The SMILES string of the molecule is c1ccc2c(-c3ccc(-c4nc(-c5ccc(-c6cc7ccccc7c7ccccc67)cc5)cc(-c5cc6ccccc6c6ccccc56)n4)cc3)nccc2c1.c1ccc2cc(-c3ccc(-c4nc(-c5ccc(-c6cc7ccccc7c7ccccc67)cc5)nc(-c5cc6ccccc6c6ccccc56)n4)cc3)ncc2c1. The first-order chi connectivity index (χ1) is 55.5. The quantitative estimate of drug-likeness (QED) is 0.126. The molecule has 0 fully saturated rings. The van der Waals surface area contributed by atoms with Crippen molar-refractivity contribution in [2.45, 2.75) is 0 Å². The molecule has 112 heavy (non-hydrogen) atoms. The summed E-state index contributed by atoms with van der Waals surface area (Å²) in [5.74, 6) is 2.55. The molecule has 520 valence electrons. The number of aromatic nitrogens is 7. The summed E-state index contributed by atoms with van der Waals surface area (Å²) in [5.41, 5.74) is 16.3. The highest BCUT2D eigenvalue weighted by Gasteiger charge is 2.21. The molecule has 22 aromatic rings. The first-order valence-electron chi connectivity index (χ1n) is 37.9. The second kappa shape index (κ2) is 27.6. The van der Waals surface area contributed by atoms with E-state index in [9.17, 15) is 0 Å². The van der Waals surface area contributed by atoms with E-state index in [0.717, 1.165) is 105 Å². The third-order valence-electron chi connectivity index (χ3n) is 22.1. The maximum atomic E-state index is 5.31. The Bertz CT molecular complexity index is 7470. The number of rotatable bonds is 10. The van der Waals surface area contributed by atoms with Gasteiger partial charge in [-0.05, 0) is 162 Å². The summed E-state index contributed by atoms with van der Waals surface area (Å²) < 4.78 is 0. The van der Waals surface area contributed by atoms with Crippen LogP contribution in [0.25, 0.3) is 221 Å². The molecule has 22 rings (SSSR count). The molecule has 0 aliphatic carbocycles. The summed E-state index contributed by atoms with van der Waals surface area (Å²) in [6.45, 7) is 0. The van der Waals surface area contributed by atoms with Gasteiger partial charge in [0.2, 0.25) is 0 Å². The Hall–Kier alpha value is -15.1. The minimum absolute atomic E-state index is 0.616. The van der Waals surface area contributed by atoms with Gasteiger partial charge < -0.3 is 0 Å². The van der Waals surface area contributed by atoms with Crippen LogP contribution < -0.4 is 0 Å². The van der Waals surface area contributed by atoms with Crippen molar-refractivity contribution in [3.05, 3.63) is 395 Å². The van der Waals surface area contributed by atoms with Crippen LogP contribution in [0.1, 0.15) is 0 Å². The first kappa shape index (κ1) is 65.3. The summed E-state index contributed by atoms with van der Waals surface area (Å²) in [6.07, 6.45) is 3.82. The summed E-state index contributed by atoms with van der Waals surface area (Å²) >= 11 is 0. The average molecular weight is 1420 g/mol. The fourth-order valence-electron chi connectivity index (χ4n) is 16.5. The molecule has 0 atom stereocenters. The van der Waals surface area contributed by atoms with Crippen molar-refractivity contribution in [1.82, 2.24) is 34.9 Å². The number of pyridine rings is 2. The standard InChI is InChI=1S/C53H33N3.C52H32N4/c1-6-16-43-34(11-1)29-30-54-52(43)37-25-27-38(28-26-37)53-55-50(33-51(56-53)49-32-40-13-3-5-15-42(40)45-18-8-10-20-47(45)49)36-23-21-35(22-24-36)48-31-39-12-2-4-14-41(39)44-17-7-9-19-46(44)48;1-2-14-40-32-53-49(31-37(40)11-1)34-23-27-36(28-24-34)51-54-50(55-52(56-51)48-30-39-13-4-6-16-42(39)44-18-8-10-20-46(44)48)35-25-21-33(22-26-35)47-29-38-12-3-5-15-41(38)43-17-7-9-19-45(43)47/h1-33H;1-32H. The topological polar surface area (TPSA) is 90.2 Å². The Morgan fingerprint density at radius 3 is 0.938 bits per heavy atom. The van der Waals surface area contributed by atoms with E-state index in [1.165, 1.54) is 92.1 Å². The molecule has 7 nitrogen and oxygen atoms in total. The van der Waals surface area contributed by atoms with Gasteiger partial charge in [0.25, 0.3) is 0 Å². The fraction of sp³-hybridized carbons (Fsp3) is 0. The van der Waals surface area contributed by atoms with Crippen molar-refractivity contribution in [3.63, 3.8) is 0 Å². The second-order valence-corrected chi connectivity index (χ2v) is 28.6. The number of hydrogen-bond donors (Lipinski definition) is 0. The van der Waals surface area contributed by atoms with Gasteiger partial charge in [-0.15, -0.1) is 0 Å². The molecule has 0 saturated heterocycles. The summed E-state index contributed by atoms with van der Waals surface area (Å²) in [6, 6.07) is 135. The molecule has 7 heteroatoms. The Morgan fingerprint density at radius 1 is 0.152 bits per heavy atom. The van der Waals surface area contributed by atoms with Gasteiger partial charge in [0.1, 0.15) is 0 Å². The van der Waals surface area contributed by atoms with E-state index in [0.29, 0.717) is 23.3 Å². The molecule has 4 heterocycles. The molecule has 18 aromatic carbocycles. The highest BCUT2D eigenvalue weighted by Crippen LogP contribution is 2.43. The number of benzene rings is 18. The Morgan fingerprint density at radius 2 is 0.464 bits per heavy atom. The van der Waals surface area contributed by atoms with Gasteiger partial charge in [0, 0.05) is 67.7 Å². The van der Waals surface area contributed by atoms with Crippen molar-refractivity contribution in [3.8, 4) is 113 Å². The van der Waals surface area contributed by atoms with Gasteiger partial charge >= 0.3 is 0 Å². The number of nitrogens with zero attached hydrogens (tertiary/aromatic N) is 7. The second-order valence-electron chi connectivity index (χ2n) is 28.6. The minimum atomic E-state index is 0.616. The lowest BCUT2D eigenvalue weighted by Crippen LogP contribution is -2.01. The molecule has 0 radical (unpaired) electrons. The molecule has 0 amide bonds. The van der Waals surface area contributed by atoms with Crippen LogP contribution >= 0.6 is 0 Å². The third-order valence-corrected chi connectivity index (χ3v) is 22.1. The van der Waals surface area contributed by atoms with Crippen molar-refractivity contribution in [2.24, 2.45) is 0 Å². The molecule has 0 aliphatic rings. The highest BCUT2D eigenvalue weighted by molar-refractivity contribution is 6.17. The molecule has 0 aliphatic heterocycles. The summed E-state index contributed by atoms with van der Waals surface area (Å²) in [7, 11) is 0. The van der Waals surface area contributed by atoms with Gasteiger partial charge in [-0.25, -0.2) is 24.9 Å². The smallest absolute Gasteiger partial charge is 0.164 e. The highest BCUT2D eigenvalue weighted by atomic mass is 15.0. The van der Waals surface area contributed by atoms with Crippen LogP contribution in [-0.2, 0) is 0 Å². The molecule has 0 saturated carbocycles. The van der Waals surface area contributed by atoms with Gasteiger partial charge in [-0.3, -0.25) is 9.97 Å². The van der Waals surface area contributed by atoms with E-state index < -0.39 is 0 Å². The third kappa shape index (κ3) is 11.8. The Kier molecular flexibility index (Phi) is 16.1. The molecule has 0 N–H and O–H groups in total. The first-order valence-corrected chi connectivity index (χ1v) is 37.9. The normalized spacial score (nSPS) is 11.6. The number of hydrogen-bond acceptors (Lipinski definition) is 7. The molecule has 4 aromatic heterocycles. The predicted molar refractivity (Wildman–Crippen MR) is 467 cm³/mol. The van der Waals surface area contributed by atoms with Crippen molar-refractivity contribution < 1.29 is 0 Å². The lowest BCUT2D eigenvalue weighted by Gasteiger charge is -2.14. The van der Waals surface area contributed by atoms with Crippen LogP contribution in [0.5, 0.6) is 0 Å². The van der Waals surface area contributed by atoms with Gasteiger partial charge in [-0.1, -0.05) is 340 Å². The molecular weight excluding hydrogens is 1360 g/mol. The van der Waals surface area contributed by atoms with Crippen molar-refractivity contribution in [1.29, 1.82) is 0 Å². The van der Waals surface area contributed by atoms with Crippen LogP contribution in [0, 0.1) is 0 Å². The van der Waals surface area contributed by atoms with E-state index in [1.807, 2.05) is 18.5 Å². The fourth-order valence-corrected chi connectivity index (χ4v) is 16.5. The van der Waals surface area contributed by atoms with E-state index in [4.69, 9.17) is 34.9 Å². The van der Waals surface area contributed by atoms with E-state index in [-0.39, 0.29) is 0 Å². The molecule has 0 bridgehead atoms. The van der Waals surface area contributed by atoms with E-state index in [2.05, 4.69) is 376 Å².